The van der Waals surface area contributed by atoms with E-state index in [0.29, 0.717) is 12.2 Å². The van der Waals surface area contributed by atoms with Gasteiger partial charge in [-0.2, -0.15) is 0 Å². The first kappa shape index (κ1) is 22.0. The van der Waals surface area contributed by atoms with Crippen molar-refractivity contribution in [3.8, 4) is 17.0 Å². The number of nitrogens with zero attached hydrogens (tertiary/aromatic N) is 2. The Morgan fingerprint density at radius 1 is 0.939 bits per heavy atom. The summed E-state index contributed by atoms with van der Waals surface area (Å²) in [7, 11) is 0. The van der Waals surface area contributed by atoms with Crippen molar-refractivity contribution in [3.63, 3.8) is 0 Å². The van der Waals surface area contributed by atoms with Crippen molar-refractivity contribution in [2.75, 3.05) is 6.61 Å². The number of rotatable bonds is 10. The largest absolute Gasteiger partial charge is 0.493 e. The summed E-state index contributed by atoms with van der Waals surface area (Å²) in [6, 6.07) is 21.9. The maximum absolute atomic E-state index is 12.4. The van der Waals surface area contributed by atoms with E-state index >= 15 is 0 Å². The average Bonchev–Trinajstić information content (AvgIpc) is 3.35. The van der Waals surface area contributed by atoms with E-state index in [9.17, 15) is 14.9 Å². The zero-order valence-electron chi connectivity index (χ0n) is 17.9. The Kier molecular flexibility index (Phi) is 6.90. The van der Waals surface area contributed by atoms with Crippen LogP contribution >= 0.6 is 0 Å². The lowest BCUT2D eigenvalue weighted by Crippen LogP contribution is -2.07. The Labute approximate surface area is 191 Å². The maximum atomic E-state index is 12.4. The highest BCUT2D eigenvalue weighted by Crippen LogP contribution is 2.28. The first-order chi connectivity index (χ1) is 16.1. The fraction of sp³-hybridized carbons (Fsp3) is 0.154. The Morgan fingerprint density at radius 2 is 1.70 bits per heavy atom. The molecule has 0 atom stereocenters. The van der Waals surface area contributed by atoms with Gasteiger partial charge in [-0.25, -0.2) is 4.98 Å². The molecule has 1 heterocycles. The number of ketones is 1. The number of Topliss-reactive ketones (excluding diaryl/α,β-unsaturated/α-hetero) is 1. The molecule has 0 amide bonds. The van der Waals surface area contributed by atoms with E-state index in [1.807, 2.05) is 48.5 Å². The number of benzene rings is 3. The number of ether oxygens (including phenoxy) is 1. The number of nitro benzene ring substituents is 1. The van der Waals surface area contributed by atoms with Crippen molar-refractivity contribution in [3.05, 3.63) is 112 Å². The van der Waals surface area contributed by atoms with Gasteiger partial charge in [-0.1, -0.05) is 48.5 Å². The number of imidazole rings is 1. The standard InChI is InChI=1S/C26H23N3O4/c30-23(16-21-4-3-5-22(14-21)29(31)32)15-20-10-8-19(9-11-20)12-13-33-26-7-2-1-6-24(26)25-17-27-18-28-25/h1-11,14,17-18H,12-13,15-16H2,(H,27,28). The molecule has 33 heavy (non-hydrogen) atoms. The molecule has 4 aromatic rings. The van der Waals surface area contributed by atoms with E-state index in [4.69, 9.17) is 4.74 Å². The van der Waals surface area contributed by atoms with Gasteiger partial charge in [0.25, 0.3) is 5.69 Å². The number of non-ortho nitro benzene ring substituents is 1. The Morgan fingerprint density at radius 3 is 2.45 bits per heavy atom. The summed E-state index contributed by atoms with van der Waals surface area (Å²) >= 11 is 0. The summed E-state index contributed by atoms with van der Waals surface area (Å²) in [5.41, 5.74) is 4.55. The third-order valence-corrected chi connectivity index (χ3v) is 5.27. The lowest BCUT2D eigenvalue weighted by atomic mass is 10.0. The number of nitrogens with one attached hydrogen (secondary N) is 1. The van der Waals surface area contributed by atoms with Gasteiger partial charge in [0.2, 0.25) is 0 Å². The van der Waals surface area contributed by atoms with Crippen LogP contribution < -0.4 is 4.74 Å². The summed E-state index contributed by atoms with van der Waals surface area (Å²) < 4.78 is 6.00. The van der Waals surface area contributed by atoms with Crippen LogP contribution in [0.25, 0.3) is 11.3 Å². The highest BCUT2D eigenvalue weighted by Gasteiger charge is 2.10. The van der Waals surface area contributed by atoms with Gasteiger partial charge >= 0.3 is 0 Å². The molecule has 1 aromatic heterocycles. The molecule has 0 aliphatic carbocycles. The molecule has 0 unspecified atom stereocenters. The second-order valence-electron chi connectivity index (χ2n) is 7.70. The molecule has 0 bridgehead atoms. The molecule has 0 saturated heterocycles. The third kappa shape index (κ3) is 5.92. The summed E-state index contributed by atoms with van der Waals surface area (Å²) in [4.78, 5) is 30.0. The van der Waals surface area contributed by atoms with Crippen molar-refractivity contribution in [1.29, 1.82) is 0 Å². The molecule has 0 aliphatic rings. The maximum Gasteiger partial charge on any atom is 0.269 e. The molecule has 0 saturated carbocycles. The van der Waals surface area contributed by atoms with E-state index in [2.05, 4.69) is 9.97 Å². The molecule has 7 heteroatoms. The van der Waals surface area contributed by atoms with Gasteiger partial charge in [0, 0.05) is 37.0 Å². The summed E-state index contributed by atoms with van der Waals surface area (Å²) in [5.74, 6) is 0.812. The number of H-pyrrole nitrogens is 1. The Bertz CT molecular complexity index is 1230. The summed E-state index contributed by atoms with van der Waals surface area (Å²) in [6.45, 7) is 0.524. The van der Waals surface area contributed by atoms with E-state index < -0.39 is 4.92 Å². The third-order valence-electron chi connectivity index (χ3n) is 5.27. The number of hydrogen-bond donors (Lipinski definition) is 1. The minimum absolute atomic E-state index is 0.000871. The molecular weight excluding hydrogens is 418 g/mol. The van der Waals surface area contributed by atoms with Crippen LogP contribution in [0, 0.1) is 10.1 Å². The second kappa shape index (κ2) is 10.4. The van der Waals surface area contributed by atoms with Crippen molar-refractivity contribution >= 4 is 11.5 Å². The first-order valence-corrected chi connectivity index (χ1v) is 10.6. The minimum Gasteiger partial charge on any atom is -0.493 e. The van der Waals surface area contributed by atoms with Gasteiger partial charge in [-0.15, -0.1) is 0 Å². The number of aromatic nitrogens is 2. The lowest BCUT2D eigenvalue weighted by molar-refractivity contribution is -0.384. The van der Waals surface area contributed by atoms with E-state index in [0.717, 1.165) is 34.6 Å². The van der Waals surface area contributed by atoms with Crippen LogP contribution in [-0.4, -0.2) is 27.3 Å². The molecule has 0 spiro atoms. The summed E-state index contributed by atoms with van der Waals surface area (Å²) in [5, 5.41) is 10.9. The highest BCUT2D eigenvalue weighted by molar-refractivity contribution is 5.83. The van der Waals surface area contributed by atoms with E-state index in [-0.39, 0.29) is 24.3 Å². The van der Waals surface area contributed by atoms with Gasteiger partial charge in [-0.05, 0) is 28.8 Å². The molecule has 1 N–H and O–H groups in total. The normalized spacial score (nSPS) is 10.7. The number of nitro groups is 1. The van der Waals surface area contributed by atoms with Crippen LogP contribution in [-0.2, 0) is 24.1 Å². The summed E-state index contributed by atoms with van der Waals surface area (Å²) in [6.07, 6.45) is 4.60. The topological polar surface area (TPSA) is 98.1 Å². The molecule has 0 fully saturated rings. The van der Waals surface area contributed by atoms with Gasteiger partial charge in [-0.3, -0.25) is 14.9 Å². The number of carbonyl (C=O) groups is 1. The molecule has 0 radical (unpaired) electrons. The van der Waals surface area contributed by atoms with Gasteiger partial charge in [0.05, 0.1) is 29.7 Å². The van der Waals surface area contributed by atoms with Crippen molar-refractivity contribution in [1.82, 2.24) is 9.97 Å². The number of para-hydroxylation sites is 1. The van der Waals surface area contributed by atoms with Crippen LogP contribution in [0.5, 0.6) is 5.75 Å². The lowest BCUT2D eigenvalue weighted by Gasteiger charge is -2.11. The Balaban J connectivity index is 1.29. The zero-order valence-corrected chi connectivity index (χ0v) is 17.9. The quantitative estimate of drug-likeness (QED) is 0.277. The smallest absolute Gasteiger partial charge is 0.269 e. The predicted molar refractivity (Wildman–Crippen MR) is 125 cm³/mol. The van der Waals surface area contributed by atoms with Gasteiger partial charge in [0.1, 0.15) is 11.5 Å². The minimum atomic E-state index is -0.452. The van der Waals surface area contributed by atoms with Gasteiger partial charge < -0.3 is 9.72 Å². The van der Waals surface area contributed by atoms with Crippen LogP contribution in [0.4, 0.5) is 5.69 Å². The zero-order chi connectivity index (χ0) is 23.0. The predicted octanol–water partition coefficient (Wildman–Crippen LogP) is 4.96. The molecular formula is C26H23N3O4. The fourth-order valence-corrected chi connectivity index (χ4v) is 3.62. The number of carbonyl (C=O) groups excluding carboxylic acids is 1. The van der Waals surface area contributed by atoms with Crippen LogP contribution in [0.1, 0.15) is 16.7 Å². The number of aromatic amines is 1. The van der Waals surface area contributed by atoms with Crippen LogP contribution in [0.3, 0.4) is 0 Å². The van der Waals surface area contributed by atoms with Gasteiger partial charge in [0.15, 0.2) is 0 Å². The Hall–Kier alpha value is -4.26. The molecule has 3 aromatic carbocycles. The van der Waals surface area contributed by atoms with E-state index in [1.54, 1.807) is 24.7 Å². The highest BCUT2D eigenvalue weighted by atomic mass is 16.6. The van der Waals surface area contributed by atoms with Crippen LogP contribution in [0.15, 0.2) is 85.3 Å². The van der Waals surface area contributed by atoms with Crippen LogP contribution in [0.2, 0.25) is 0 Å². The molecule has 4 rings (SSSR count). The molecule has 0 aliphatic heterocycles. The van der Waals surface area contributed by atoms with Crippen molar-refractivity contribution in [2.45, 2.75) is 19.3 Å². The first-order valence-electron chi connectivity index (χ1n) is 10.6. The molecule has 166 valence electrons. The van der Waals surface area contributed by atoms with Crippen molar-refractivity contribution in [2.24, 2.45) is 0 Å². The average molecular weight is 441 g/mol. The molecule has 7 nitrogen and oxygen atoms in total. The monoisotopic (exact) mass is 441 g/mol. The van der Waals surface area contributed by atoms with E-state index in [1.165, 1.54) is 12.1 Å². The fourth-order valence-electron chi connectivity index (χ4n) is 3.62. The number of hydrogen-bond acceptors (Lipinski definition) is 5. The van der Waals surface area contributed by atoms with Crippen molar-refractivity contribution < 1.29 is 14.5 Å². The SMILES string of the molecule is O=C(Cc1ccc(CCOc2ccccc2-c2cnc[nH]2)cc1)Cc1cccc([N+](=O)[O-])c1. The second-order valence-corrected chi connectivity index (χ2v) is 7.70.